The second kappa shape index (κ2) is 8.75. The number of nitrogens with one attached hydrogen (secondary N) is 1. The van der Waals surface area contributed by atoms with E-state index >= 15 is 0 Å². The second-order valence-electron chi connectivity index (χ2n) is 5.04. The molecule has 0 aliphatic heterocycles. The van der Waals surface area contributed by atoms with Crippen molar-refractivity contribution in [3.63, 3.8) is 0 Å². The summed E-state index contributed by atoms with van der Waals surface area (Å²) in [5, 5.41) is 2.74. The minimum absolute atomic E-state index is 0.128. The van der Waals surface area contributed by atoms with E-state index in [9.17, 15) is 13.2 Å². The molecule has 6 nitrogen and oxygen atoms in total. The first-order valence-corrected chi connectivity index (χ1v) is 9.10. The molecular weight excluding hydrogens is 304 g/mol. The zero-order valence-electron chi connectivity index (χ0n) is 13.3. The maximum atomic E-state index is 11.9. The highest BCUT2D eigenvalue weighted by Crippen LogP contribution is 2.15. The summed E-state index contributed by atoms with van der Waals surface area (Å²) in [5.41, 5.74) is 0.658. The summed E-state index contributed by atoms with van der Waals surface area (Å²) in [6, 6.07) is 6.98. The lowest BCUT2D eigenvalue weighted by Crippen LogP contribution is -2.33. The molecule has 22 heavy (non-hydrogen) atoms. The molecule has 1 aromatic rings. The van der Waals surface area contributed by atoms with Gasteiger partial charge in [0.2, 0.25) is 15.9 Å². The smallest absolute Gasteiger partial charge is 0.225 e. The van der Waals surface area contributed by atoms with E-state index in [4.69, 9.17) is 4.74 Å². The van der Waals surface area contributed by atoms with Crippen LogP contribution >= 0.6 is 0 Å². The van der Waals surface area contributed by atoms with E-state index in [1.54, 1.807) is 31.4 Å². The first-order valence-electron chi connectivity index (χ1n) is 7.26. The van der Waals surface area contributed by atoms with Gasteiger partial charge >= 0.3 is 0 Å². The van der Waals surface area contributed by atoms with Gasteiger partial charge in [-0.25, -0.2) is 12.7 Å². The van der Waals surface area contributed by atoms with Crippen molar-refractivity contribution in [2.45, 2.75) is 26.2 Å². The van der Waals surface area contributed by atoms with Crippen LogP contribution in [0.4, 0.5) is 5.69 Å². The highest BCUT2D eigenvalue weighted by Gasteiger charge is 2.17. The lowest BCUT2D eigenvalue weighted by molar-refractivity contribution is -0.116. The Morgan fingerprint density at radius 1 is 1.23 bits per heavy atom. The van der Waals surface area contributed by atoms with Crippen LogP contribution in [0.1, 0.15) is 26.2 Å². The average molecular weight is 328 g/mol. The van der Waals surface area contributed by atoms with Gasteiger partial charge in [0.05, 0.1) is 13.4 Å². The molecule has 0 heterocycles. The highest BCUT2D eigenvalue weighted by atomic mass is 32.2. The maximum absolute atomic E-state index is 11.9. The molecule has 1 amide bonds. The number of hydrogen-bond acceptors (Lipinski definition) is 4. The molecule has 0 bridgehead atoms. The van der Waals surface area contributed by atoms with Gasteiger partial charge in [0.15, 0.2) is 0 Å². The number of hydrogen-bond donors (Lipinski definition) is 1. The van der Waals surface area contributed by atoms with Gasteiger partial charge in [-0.2, -0.15) is 0 Å². The molecule has 1 aromatic carbocycles. The number of carbonyl (C=O) groups excluding carboxylic acids is 1. The Morgan fingerprint density at radius 2 is 1.86 bits per heavy atom. The average Bonchev–Trinajstić information content (AvgIpc) is 2.46. The largest absolute Gasteiger partial charge is 0.497 e. The number of benzene rings is 1. The SMILES string of the molecule is CCCCN(CCC(=O)Nc1ccc(OC)cc1)S(C)(=O)=O. The Bertz CT molecular complexity index is 570. The Balaban J connectivity index is 2.52. The molecule has 0 aliphatic carbocycles. The van der Waals surface area contributed by atoms with Crippen LogP contribution in [-0.2, 0) is 14.8 Å². The van der Waals surface area contributed by atoms with Gasteiger partial charge in [-0.05, 0) is 30.7 Å². The van der Waals surface area contributed by atoms with Gasteiger partial charge < -0.3 is 10.1 Å². The summed E-state index contributed by atoms with van der Waals surface area (Å²) in [6.07, 6.45) is 2.99. The third-order valence-electron chi connectivity index (χ3n) is 3.19. The Labute approximate surface area is 132 Å². The van der Waals surface area contributed by atoms with E-state index in [1.165, 1.54) is 10.6 Å². The van der Waals surface area contributed by atoms with E-state index in [1.807, 2.05) is 6.92 Å². The number of rotatable bonds is 9. The zero-order chi connectivity index (χ0) is 16.6. The van der Waals surface area contributed by atoms with Gasteiger partial charge in [0, 0.05) is 25.2 Å². The number of carbonyl (C=O) groups is 1. The van der Waals surface area contributed by atoms with E-state index < -0.39 is 10.0 Å². The van der Waals surface area contributed by atoms with E-state index in [0.717, 1.165) is 12.8 Å². The monoisotopic (exact) mass is 328 g/mol. The summed E-state index contributed by atoms with van der Waals surface area (Å²) in [4.78, 5) is 11.9. The highest BCUT2D eigenvalue weighted by molar-refractivity contribution is 7.88. The maximum Gasteiger partial charge on any atom is 0.225 e. The number of methoxy groups -OCH3 is 1. The first kappa shape index (κ1) is 18.4. The normalized spacial score (nSPS) is 11.5. The number of amides is 1. The minimum atomic E-state index is -3.28. The van der Waals surface area contributed by atoms with Crippen LogP contribution in [0, 0.1) is 0 Å². The minimum Gasteiger partial charge on any atom is -0.497 e. The summed E-state index contributed by atoms with van der Waals surface area (Å²) in [6.45, 7) is 2.64. The van der Waals surface area contributed by atoms with Crippen LogP contribution in [0.5, 0.6) is 5.75 Å². The molecule has 0 saturated carbocycles. The first-order chi connectivity index (χ1) is 10.4. The number of nitrogens with zero attached hydrogens (tertiary/aromatic N) is 1. The standard InChI is InChI=1S/C15H24N2O4S/c1-4-5-11-17(22(3,19)20)12-10-15(18)16-13-6-8-14(21-2)9-7-13/h6-9H,4-5,10-12H2,1-3H3,(H,16,18). The predicted molar refractivity (Wildman–Crippen MR) is 87.6 cm³/mol. The molecule has 1 rings (SSSR count). The molecule has 0 aliphatic rings. The van der Waals surface area contributed by atoms with Crippen molar-refractivity contribution in [1.29, 1.82) is 0 Å². The van der Waals surface area contributed by atoms with Gasteiger partial charge in [0.1, 0.15) is 5.75 Å². The summed E-state index contributed by atoms with van der Waals surface area (Å²) in [7, 11) is -1.70. The van der Waals surface area contributed by atoms with Gasteiger partial charge in [0.25, 0.3) is 0 Å². The zero-order valence-corrected chi connectivity index (χ0v) is 14.1. The fourth-order valence-corrected chi connectivity index (χ4v) is 2.79. The summed E-state index contributed by atoms with van der Waals surface area (Å²) >= 11 is 0. The predicted octanol–water partition coefficient (Wildman–Crippen LogP) is 2.09. The van der Waals surface area contributed by atoms with E-state index in [2.05, 4.69) is 5.32 Å². The fourth-order valence-electron chi connectivity index (χ4n) is 1.90. The van der Waals surface area contributed by atoms with Crippen molar-refractivity contribution in [1.82, 2.24) is 4.31 Å². The van der Waals surface area contributed by atoms with Crippen LogP contribution in [-0.4, -0.2) is 45.1 Å². The molecule has 0 radical (unpaired) electrons. The molecule has 1 N–H and O–H groups in total. The van der Waals surface area contributed by atoms with E-state index in [-0.39, 0.29) is 18.9 Å². The topological polar surface area (TPSA) is 75.7 Å². The van der Waals surface area contributed by atoms with Crippen molar-refractivity contribution in [3.8, 4) is 5.75 Å². The van der Waals surface area contributed by atoms with Gasteiger partial charge in [-0.15, -0.1) is 0 Å². The van der Waals surface area contributed by atoms with Crippen molar-refractivity contribution in [2.75, 3.05) is 31.8 Å². The molecule has 0 aromatic heterocycles. The van der Waals surface area contributed by atoms with Crippen LogP contribution < -0.4 is 10.1 Å². The molecule has 0 spiro atoms. The van der Waals surface area contributed by atoms with Crippen LogP contribution in [0.3, 0.4) is 0 Å². The molecular formula is C15H24N2O4S. The van der Waals surface area contributed by atoms with Crippen molar-refractivity contribution < 1.29 is 17.9 Å². The van der Waals surface area contributed by atoms with Crippen LogP contribution in [0.2, 0.25) is 0 Å². The third kappa shape index (κ3) is 6.44. The molecule has 0 unspecified atom stereocenters. The van der Waals surface area contributed by atoms with Gasteiger partial charge in [-0.1, -0.05) is 13.3 Å². The fraction of sp³-hybridized carbons (Fsp3) is 0.533. The molecule has 0 atom stereocenters. The third-order valence-corrected chi connectivity index (χ3v) is 4.50. The lowest BCUT2D eigenvalue weighted by Gasteiger charge is -2.19. The van der Waals surface area contributed by atoms with E-state index in [0.29, 0.717) is 18.0 Å². The van der Waals surface area contributed by atoms with Crippen molar-refractivity contribution >= 4 is 21.6 Å². The summed E-state index contributed by atoms with van der Waals surface area (Å²) < 4.78 is 29.7. The molecule has 0 fully saturated rings. The van der Waals surface area contributed by atoms with Gasteiger partial charge in [-0.3, -0.25) is 4.79 Å². The number of sulfonamides is 1. The van der Waals surface area contributed by atoms with Crippen molar-refractivity contribution in [3.05, 3.63) is 24.3 Å². The molecule has 7 heteroatoms. The van der Waals surface area contributed by atoms with Crippen LogP contribution in [0.25, 0.3) is 0 Å². The Morgan fingerprint density at radius 3 is 2.36 bits per heavy atom. The number of ether oxygens (including phenoxy) is 1. The second-order valence-corrected chi connectivity index (χ2v) is 7.02. The Kier molecular flexibility index (Phi) is 7.34. The molecule has 124 valence electrons. The number of anilines is 1. The lowest BCUT2D eigenvalue weighted by atomic mass is 10.3. The number of unbranched alkanes of at least 4 members (excludes halogenated alkanes) is 1. The van der Waals surface area contributed by atoms with Crippen molar-refractivity contribution in [2.24, 2.45) is 0 Å². The summed E-state index contributed by atoms with van der Waals surface area (Å²) in [5.74, 6) is 0.496. The Hall–Kier alpha value is -1.60. The van der Waals surface area contributed by atoms with Crippen LogP contribution in [0.15, 0.2) is 24.3 Å². The quantitative estimate of drug-likeness (QED) is 0.753. The molecule has 0 saturated heterocycles.